The molecule has 0 unspecified atom stereocenters. The maximum Gasteiger partial charge on any atom is 0.226 e. The van der Waals surface area contributed by atoms with Gasteiger partial charge in [-0.15, -0.1) is 0 Å². The Kier molecular flexibility index (Phi) is 3.53. The summed E-state index contributed by atoms with van der Waals surface area (Å²) >= 11 is 0. The molecule has 0 saturated carbocycles. The Bertz CT molecular complexity index is 434. The minimum Gasteiger partial charge on any atom is -0.417 e. The van der Waals surface area contributed by atoms with Crippen molar-refractivity contribution in [3.63, 3.8) is 0 Å². The summed E-state index contributed by atoms with van der Waals surface area (Å²) in [4.78, 5) is 0. The molecule has 2 radical (unpaired) electrons. The molecule has 0 N–H and O–H groups in total. The monoisotopic (exact) mass is 214 g/mol. The van der Waals surface area contributed by atoms with Crippen molar-refractivity contribution in [3.05, 3.63) is 48.0 Å². The van der Waals surface area contributed by atoms with Crippen LogP contribution in [-0.4, -0.2) is 16.4 Å². The highest BCUT2D eigenvalue weighted by molar-refractivity contribution is 6.24. The maximum atomic E-state index is 5.41. The van der Waals surface area contributed by atoms with Gasteiger partial charge in [0.2, 0.25) is 9.76 Å². The maximum absolute atomic E-state index is 5.41. The topological polar surface area (TPSA) is 9.23 Å². The van der Waals surface area contributed by atoms with Crippen LogP contribution in [0.3, 0.4) is 0 Å². The van der Waals surface area contributed by atoms with Crippen molar-refractivity contribution in [3.8, 4) is 0 Å². The molecule has 0 aliphatic heterocycles. The van der Waals surface area contributed by atoms with Crippen molar-refractivity contribution in [2.45, 2.75) is 13.0 Å². The Hall–Kier alpha value is -1.12. The summed E-state index contributed by atoms with van der Waals surface area (Å²) < 4.78 is 5.41. The first-order chi connectivity index (χ1) is 7.42. The molecule has 0 amide bonds. The van der Waals surface area contributed by atoms with E-state index in [-0.39, 0.29) is 0 Å². The average Bonchev–Trinajstić information content (AvgIpc) is 2.30. The summed E-state index contributed by atoms with van der Waals surface area (Å²) in [6.45, 7) is 2.88. The van der Waals surface area contributed by atoms with Gasteiger partial charge in [0.1, 0.15) is 0 Å². The highest BCUT2D eigenvalue weighted by atomic mass is 28.2. The lowest BCUT2D eigenvalue weighted by molar-refractivity contribution is 0.344. The van der Waals surface area contributed by atoms with E-state index in [0.717, 1.165) is 13.0 Å². The molecule has 1 nitrogen and oxygen atoms in total. The smallest absolute Gasteiger partial charge is 0.226 e. The minimum atomic E-state index is 0.586. The molecule has 2 aromatic rings. The first-order valence-corrected chi connectivity index (χ1v) is 6.58. The fourth-order valence-corrected chi connectivity index (χ4v) is 2.08. The molecule has 15 heavy (non-hydrogen) atoms. The molecule has 0 fully saturated rings. The zero-order valence-corrected chi connectivity index (χ0v) is 9.86. The Morgan fingerprint density at radius 1 is 1.07 bits per heavy atom. The van der Waals surface area contributed by atoms with Gasteiger partial charge in [0.25, 0.3) is 0 Å². The summed E-state index contributed by atoms with van der Waals surface area (Å²) in [6, 6.07) is 15.0. The third-order valence-corrected chi connectivity index (χ3v) is 2.99. The molecule has 2 rings (SSSR count). The van der Waals surface area contributed by atoms with E-state index >= 15 is 0 Å². The number of hydrogen-bond donors (Lipinski definition) is 0. The lowest BCUT2D eigenvalue weighted by Crippen LogP contribution is -2.00. The minimum absolute atomic E-state index is 0.586. The summed E-state index contributed by atoms with van der Waals surface area (Å²) in [5.41, 5.74) is 1.38. The van der Waals surface area contributed by atoms with Crippen LogP contribution >= 0.6 is 0 Å². The van der Waals surface area contributed by atoms with E-state index in [2.05, 4.69) is 49.0 Å². The molecule has 0 saturated heterocycles. The predicted molar refractivity (Wildman–Crippen MR) is 65.2 cm³/mol. The molecule has 0 aliphatic carbocycles. The normalized spacial score (nSPS) is 10.7. The standard InChI is InChI=1S/C13H14OSi/c1-15-14-10-9-12-7-4-6-11-5-2-3-8-13(11)12/h2-8H,9-10H2,1H3. The van der Waals surface area contributed by atoms with Gasteiger partial charge in [0.05, 0.1) is 0 Å². The molecule has 0 bridgehead atoms. The van der Waals surface area contributed by atoms with Crippen LogP contribution in [0, 0.1) is 0 Å². The fourth-order valence-electron chi connectivity index (χ4n) is 1.77. The van der Waals surface area contributed by atoms with Crippen molar-refractivity contribution in [1.82, 2.24) is 0 Å². The van der Waals surface area contributed by atoms with Crippen LogP contribution in [0.5, 0.6) is 0 Å². The average molecular weight is 214 g/mol. The highest BCUT2D eigenvalue weighted by Crippen LogP contribution is 2.18. The van der Waals surface area contributed by atoms with E-state index in [1.807, 2.05) is 0 Å². The van der Waals surface area contributed by atoms with Gasteiger partial charge in [-0.3, -0.25) is 0 Å². The molecular weight excluding hydrogens is 200 g/mol. The number of benzene rings is 2. The molecule has 76 valence electrons. The third-order valence-electron chi connectivity index (χ3n) is 2.50. The zero-order valence-electron chi connectivity index (χ0n) is 8.86. The molecule has 0 spiro atoms. The molecule has 2 heteroatoms. The van der Waals surface area contributed by atoms with Gasteiger partial charge in [0.15, 0.2) is 0 Å². The molecule has 0 heterocycles. The van der Waals surface area contributed by atoms with Gasteiger partial charge in [-0.25, -0.2) is 0 Å². The van der Waals surface area contributed by atoms with Crippen molar-refractivity contribution in [1.29, 1.82) is 0 Å². The van der Waals surface area contributed by atoms with Crippen LogP contribution < -0.4 is 0 Å². The van der Waals surface area contributed by atoms with E-state index in [9.17, 15) is 0 Å². The molecule has 0 atom stereocenters. The van der Waals surface area contributed by atoms with Gasteiger partial charge in [-0.1, -0.05) is 42.5 Å². The second-order valence-corrected chi connectivity index (χ2v) is 4.14. The van der Waals surface area contributed by atoms with Crippen molar-refractivity contribution >= 4 is 20.5 Å². The Morgan fingerprint density at radius 3 is 2.73 bits per heavy atom. The fraction of sp³-hybridized carbons (Fsp3) is 0.231. The van der Waals surface area contributed by atoms with Gasteiger partial charge in [-0.2, -0.15) is 0 Å². The largest absolute Gasteiger partial charge is 0.417 e. The first-order valence-electron chi connectivity index (χ1n) is 5.17. The first kappa shape index (κ1) is 10.4. The van der Waals surface area contributed by atoms with Crippen LogP contribution in [0.4, 0.5) is 0 Å². The van der Waals surface area contributed by atoms with Crippen molar-refractivity contribution in [2.75, 3.05) is 6.61 Å². The van der Waals surface area contributed by atoms with Gasteiger partial charge in [0, 0.05) is 6.61 Å². The molecule has 0 aliphatic rings. The van der Waals surface area contributed by atoms with E-state index in [1.54, 1.807) is 0 Å². The number of hydrogen-bond acceptors (Lipinski definition) is 1. The zero-order chi connectivity index (χ0) is 10.5. The van der Waals surface area contributed by atoms with Gasteiger partial charge < -0.3 is 4.43 Å². The van der Waals surface area contributed by atoms with E-state index in [0.29, 0.717) is 9.76 Å². The van der Waals surface area contributed by atoms with Gasteiger partial charge >= 0.3 is 0 Å². The molecule has 0 aromatic heterocycles. The predicted octanol–water partition coefficient (Wildman–Crippen LogP) is 3.07. The lowest BCUT2D eigenvalue weighted by atomic mass is 10.0. The Balaban J connectivity index is 2.26. The van der Waals surface area contributed by atoms with Gasteiger partial charge in [-0.05, 0) is 29.3 Å². The summed E-state index contributed by atoms with van der Waals surface area (Å²) in [5, 5.41) is 2.66. The van der Waals surface area contributed by atoms with E-state index < -0.39 is 0 Å². The van der Waals surface area contributed by atoms with Crippen molar-refractivity contribution in [2.24, 2.45) is 0 Å². The Morgan fingerprint density at radius 2 is 1.87 bits per heavy atom. The lowest BCUT2D eigenvalue weighted by Gasteiger charge is -2.06. The number of fused-ring (bicyclic) bond motifs is 1. The second-order valence-electron chi connectivity index (χ2n) is 3.44. The molecule has 2 aromatic carbocycles. The molecular formula is C13H14OSi. The van der Waals surface area contributed by atoms with Crippen molar-refractivity contribution < 1.29 is 4.43 Å². The quantitative estimate of drug-likeness (QED) is 0.561. The van der Waals surface area contributed by atoms with Crippen LogP contribution in [-0.2, 0) is 10.8 Å². The van der Waals surface area contributed by atoms with E-state index in [1.165, 1.54) is 16.3 Å². The van der Waals surface area contributed by atoms with Crippen LogP contribution in [0.2, 0.25) is 6.55 Å². The Labute approximate surface area is 93.0 Å². The van der Waals surface area contributed by atoms with E-state index in [4.69, 9.17) is 4.43 Å². The second kappa shape index (κ2) is 5.10. The number of rotatable bonds is 4. The summed E-state index contributed by atoms with van der Waals surface area (Å²) in [7, 11) is 0.586. The summed E-state index contributed by atoms with van der Waals surface area (Å²) in [5.74, 6) is 0. The van der Waals surface area contributed by atoms with Crippen LogP contribution in [0.1, 0.15) is 5.56 Å². The highest BCUT2D eigenvalue weighted by Gasteiger charge is 1.99. The van der Waals surface area contributed by atoms with Crippen LogP contribution in [0.25, 0.3) is 10.8 Å². The van der Waals surface area contributed by atoms with Crippen LogP contribution in [0.15, 0.2) is 42.5 Å². The summed E-state index contributed by atoms with van der Waals surface area (Å²) in [6.07, 6.45) is 1.00. The SMILES string of the molecule is C[Si]OCCc1cccc2ccccc12. The third kappa shape index (κ3) is 2.46.